The van der Waals surface area contributed by atoms with E-state index in [2.05, 4.69) is 10.6 Å². The Labute approximate surface area is 128 Å². The van der Waals surface area contributed by atoms with Crippen molar-refractivity contribution in [2.75, 3.05) is 7.05 Å². The van der Waals surface area contributed by atoms with Crippen LogP contribution in [0.3, 0.4) is 0 Å². The minimum atomic E-state index is -0.183. The minimum Gasteiger partial charge on any atom is -0.355 e. The van der Waals surface area contributed by atoms with Crippen LogP contribution in [0.2, 0.25) is 5.02 Å². The van der Waals surface area contributed by atoms with Crippen molar-refractivity contribution in [2.45, 2.75) is 6.54 Å². The fourth-order valence-electron chi connectivity index (χ4n) is 1.85. The summed E-state index contributed by atoms with van der Waals surface area (Å²) in [6.45, 7) is 0.353. The summed E-state index contributed by atoms with van der Waals surface area (Å²) in [4.78, 5) is 23.5. The van der Waals surface area contributed by atoms with Crippen molar-refractivity contribution < 1.29 is 9.59 Å². The summed E-state index contributed by atoms with van der Waals surface area (Å²) < 4.78 is 0. The molecule has 2 rings (SSSR count). The Bertz CT molecular complexity index is 654. The molecule has 4 nitrogen and oxygen atoms in total. The molecule has 0 saturated heterocycles. The number of halogens is 1. The van der Waals surface area contributed by atoms with E-state index in [9.17, 15) is 9.59 Å². The molecule has 0 bridgehead atoms. The van der Waals surface area contributed by atoms with Gasteiger partial charge in [0.25, 0.3) is 11.8 Å². The fourth-order valence-corrected chi connectivity index (χ4v) is 1.98. The molecule has 2 aromatic carbocycles. The van der Waals surface area contributed by atoms with Crippen molar-refractivity contribution >= 4 is 23.4 Å². The Balaban J connectivity index is 2.01. The lowest BCUT2D eigenvalue weighted by molar-refractivity contribution is 0.0948. The molecule has 2 aromatic rings. The predicted molar refractivity (Wildman–Crippen MR) is 82.5 cm³/mol. The largest absolute Gasteiger partial charge is 0.355 e. The Kier molecular flexibility index (Phi) is 4.95. The van der Waals surface area contributed by atoms with E-state index in [0.29, 0.717) is 22.7 Å². The van der Waals surface area contributed by atoms with Gasteiger partial charge in [-0.05, 0) is 42.0 Å². The summed E-state index contributed by atoms with van der Waals surface area (Å²) in [5, 5.41) is 5.96. The second-order valence-electron chi connectivity index (χ2n) is 4.47. The van der Waals surface area contributed by atoms with E-state index in [1.54, 1.807) is 49.5 Å². The number of nitrogens with one attached hydrogen (secondary N) is 2. The average molecular weight is 303 g/mol. The molecule has 2 N–H and O–H groups in total. The molecule has 5 heteroatoms. The zero-order chi connectivity index (χ0) is 15.2. The van der Waals surface area contributed by atoms with Crippen molar-refractivity contribution in [3.05, 3.63) is 70.2 Å². The van der Waals surface area contributed by atoms with Gasteiger partial charge >= 0.3 is 0 Å². The number of rotatable bonds is 4. The van der Waals surface area contributed by atoms with Gasteiger partial charge in [-0.25, -0.2) is 0 Å². The molecule has 0 aliphatic rings. The Hall–Kier alpha value is -2.33. The number of carbonyl (C=O) groups excluding carboxylic acids is 2. The van der Waals surface area contributed by atoms with Crippen LogP contribution < -0.4 is 10.6 Å². The second kappa shape index (κ2) is 6.90. The molecule has 0 saturated carbocycles. The quantitative estimate of drug-likeness (QED) is 0.912. The van der Waals surface area contributed by atoms with Crippen molar-refractivity contribution in [3.63, 3.8) is 0 Å². The smallest absolute Gasteiger partial charge is 0.251 e. The van der Waals surface area contributed by atoms with Crippen LogP contribution in [-0.2, 0) is 6.54 Å². The lowest BCUT2D eigenvalue weighted by atomic mass is 10.1. The Morgan fingerprint density at radius 1 is 1.00 bits per heavy atom. The Morgan fingerprint density at radius 3 is 2.38 bits per heavy atom. The topological polar surface area (TPSA) is 58.2 Å². The van der Waals surface area contributed by atoms with E-state index in [1.165, 1.54) is 0 Å². The minimum absolute atomic E-state index is 0.152. The summed E-state index contributed by atoms with van der Waals surface area (Å²) in [7, 11) is 1.58. The van der Waals surface area contributed by atoms with E-state index in [1.807, 2.05) is 6.07 Å². The summed E-state index contributed by atoms with van der Waals surface area (Å²) in [6, 6.07) is 13.8. The molecular weight excluding hydrogens is 288 g/mol. The maximum Gasteiger partial charge on any atom is 0.251 e. The van der Waals surface area contributed by atoms with Gasteiger partial charge in [0.1, 0.15) is 0 Å². The number of hydrogen-bond donors (Lipinski definition) is 2. The van der Waals surface area contributed by atoms with Gasteiger partial charge in [-0.1, -0.05) is 23.7 Å². The first-order valence-electron chi connectivity index (χ1n) is 6.45. The van der Waals surface area contributed by atoms with Crippen molar-refractivity contribution in [3.8, 4) is 0 Å². The summed E-state index contributed by atoms with van der Waals surface area (Å²) in [5.41, 5.74) is 1.97. The molecular formula is C16H15ClN2O2. The molecule has 21 heavy (non-hydrogen) atoms. The maximum absolute atomic E-state index is 12.0. The monoisotopic (exact) mass is 302 g/mol. The van der Waals surface area contributed by atoms with Gasteiger partial charge in [-0.3, -0.25) is 9.59 Å². The highest BCUT2D eigenvalue weighted by molar-refractivity contribution is 6.30. The first-order valence-corrected chi connectivity index (χ1v) is 6.83. The third kappa shape index (κ3) is 4.07. The summed E-state index contributed by atoms with van der Waals surface area (Å²) >= 11 is 5.78. The van der Waals surface area contributed by atoms with Crippen LogP contribution in [0.5, 0.6) is 0 Å². The molecule has 0 aliphatic heterocycles. The van der Waals surface area contributed by atoms with Gasteiger partial charge in [-0.15, -0.1) is 0 Å². The highest BCUT2D eigenvalue weighted by atomic mass is 35.5. The summed E-state index contributed by atoms with van der Waals surface area (Å²) in [5.74, 6) is -0.335. The van der Waals surface area contributed by atoms with E-state index < -0.39 is 0 Å². The molecule has 0 aliphatic carbocycles. The van der Waals surface area contributed by atoms with Crippen LogP contribution in [-0.4, -0.2) is 18.9 Å². The number of hydrogen-bond acceptors (Lipinski definition) is 2. The maximum atomic E-state index is 12.0. The van der Waals surface area contributed by atoms with E-state index in [4.69, 9.17) is 11.6 Å². The van der Waals surface area contributed by atoms with Crippen LogP contribution >= 0.6 is 11.6 Å². The van der Waals surface area contributed by atoms with Gasteiger partial charge < -0.3 is 10.6 Å². The molecule has 2 amide bonds. The zero-order valence-corrected chi connectivity index (χ0v) is 12.3. The first kappa shape index (κ1) is 15.1. The van der Waals surface area contributed by atoms with Crippen molar-refractivity contribution in [2.24, 2.45) is 0 Å². The number of carbonyl (C=O) groups is 2. The molecule has 0 aromatic heterocycles. The standard InChI is InChI=1S/C16H15ClN2O2/c1-18-15(20)13-4-2-3-11(9-13)10-19-16(21)12-5-7-14(17)8-6-12/h2-9H,10H2,1H3,(H,18,20)(H,19,21). The van der Waals surface area contributed by atoms with Crippen molar-refractivity contribution in [1.82, 2.24) is 10.6 Å². The molecule has 0 atom stereocenters. The first-order chi connectivity index (χ1) is 10.1. The van der Waals surface area contributed by atoms with Crippen molar-refractivity contribution in [1.29, 1.82) is 0 Å². The lowest BCUT2D eigenvalue weighted by Gasteiger charge is -2.07. The fraction of sp³-hybridized carbons (Fsp3) is 0.125. The summed E-state index contributed by atoms with van der Waals surface area (Å²) in [6.07, 6.45) is 0. The number of amides is 2. The van der Waals surface area contributed by atoms with Crippen LogP contribution in [0.4, 0.5) is 0 Å². The van der Waals surface area contributed by atoms with E-state index in [0.717, 1.165) is 5.56 Å². The van der Waals surface area contributed by atoms with Crippen LogP contribution in [0.15, 0.2) is 48.5 Å². The highest BCUT2D eigenvalue weighted by Gasteiger charge is 2.07. The van der Waals surface area contributed by atoms with Crippen LogP contribution in [0.25, 0.3) is 0 Å². The lowest BCUT2D eigenvalue weighted by Crippen LogP contribution is -2.23. The van der Waals surface area contributed by atoms with E-state index >= 15 is 0 Å². The molecule has 0 radical (unpaired) electrons. The van der Waals surface area contributed by atoms with Gasteiger partial charge in [-0.2, -0.15) is 0 Å². The van der Waals surface area contributed by atoms with Crippen LogP contribution in [0, 0.1) is 0 Å². The van der Waals surface area contributed by atoms with Crippen LogP contribution in [0.1, 0.15) is 26.3 Å². The molecule has 0 heterocycles. The SMILES string of the molecule is CNC(=O)c1cccc(CNC(=O)c2ccc(Cl)cc2)c1. The zero-order valence-electron chi connectivity index (χ0n) is 11.5. The van der Waals surface area contributed by atoms with Gasteiger partial charge in [0.2, 0.25) is 0 Å². The second-order valence-corrected chi connectivity index (χ2v) is 4.91. The van der Waals surface area contributed by atoms with Gasteiger partial charge in [0.05, 0.1) is 0 Å². The highest BCUT2D eigenvalue weighted by Crippen LogP contribution is 2.10. The Morgan fingerprint density at radius 2 is 1.71 bits per heavy atom. The van der Waals surface area contributed by atoms with E-state index in [-0.39, 0.29) is 11.8 Å². The molecule has 0 unspecified atom stereocenters. The molecule has 0 fully saturated rings. The third-order valence-electron chi connectivity index (χ3n) is 2.98. The predicted octanol–water partition coefficient (Wildman–Crippen LogP) is 2.63. The normalized spacial score (nSPS) is 10.0. The molecule has 0 spiro atoms. The number of benzene rings is 2. The molecule has 108 valence electrons. The average Bonchev–Trinajstić information content (AvgIpc) is 2.52. The third-order valence-corrected chi connectivity index (χ3v) is 3.23. The van der Waals surface area contributed by atoms with Gasteiger partial charge in [0.15, 0.2) is 0 Å². The van der Waals surface area contributed by atoms with Gasteiger partial charge in [0, 0.05) is 29.7 Å².